The lowest BCUT2D eigenvalue weighted by molar-refractivity contribution is 0.485. The highest BCUT2D eigenvalue weighted by atomic mass is 32.1. The van der Waals surface area contributed by atoms with E-state index in [1.165, 1.54) is 4.88 Å². The molecule has 0 saturated carbocycles. The molecule has 5 nitrogen and oxygen atoms in total. The smallest absolute Gasteiger partial charge is 0.318 e. The summed E-state index contributed by atoms with van der Waals surface area (Å²) in [5.74, 6) is 0.472. The van der Waals surface area contributed by atoms with Gasteiger partial charge in [0.15, 0.2) is 0 Å². The summed E-state index contributed by atoms with van der Waals surface area (Å²) in [6.07, 6.45) is 0. The number of aromatic nitrogens is 2. The van der Waals surface area contributed by atoms with Crippen LogP contribution in [0.1, 0.15) is 17.7 Å². The van der Waals surface area contributed by atoms with Gasteiger partial charge in [-0.05, 0) is 18.4 Å². The van der Waals surface area contributed by atoms with Crippen LogP contribution < -0.4 is 10.6 Å². The first-order chi connectivity index (χ1) is 7.83. The van der Waals surface area contributed by atoms with Gasteiger partial charge < -0.3 is 15.1 Å². The monoisotopic (exact) mass is 238 g/mol. The van der Waals surface area contributed by atoms with Crippen molar-refractivity contribution in [2.75, 3.05) is 11.4 Å². The molecule has 6 heteroatoms. The lowest BCUT2D eigenvalue weighted by Crippen LogP contribution is -2.21. The molecule has 16 heavy (non-hydrogen) atoms. The third kappa shape index (κ3) is 2.40. The van der Waals surface area contributed by atoms with Gasteiger partial charge in [-0.25, -0.2) is 0 Å². The van der Waals surface area contributed by atoms with Crippen molar-refractivity contribution >= 4 is 17.4 Å². The molecule has 2 aromatic heterocycles. The van der Waals surface area contributed by atoms with E-state index < -0.39 is 0 Å². The van der Waals surface area contributed by atoms with Gasteiger partial charge in [-0.15, -0.1) is 16.4 Å². The van der Waals surface area contributed by atoms with Crippen LogP contribution in [-0.2, 0) is 13.1 Å². The number of thiophene rings is 1. The van der Waals surface area contributed by atoms with Crippen molar-refractivity contribution in [3.63, 3.8) is 0 Å². The van der Waals surface area contributed by atoms with Crippen molar-refractivity contribution in [2.24, 2.45) is 5.73 Å². The van der Waals surface area contributed by atoms with Gasteiger partial charge in [0.25, 0.3) is 0 Å². The van der Waals surface area contributed by atoms with Gasteiger partial charge in [0, 0.05) is 11.4 Å². The lowest BCUT2D eigenvalue weighted by atomic mass is 10.4. The fourth-order valence-electron chi connectivity index (χ4n) is 1.36. The van der Waals surface area contributed by atoms with Gasteiger partial charge in [-0.2, -0.15) is 0 Å². The molecule has 0 aliphatic carbocycles. The van der Waals surface area contributed by atoms with Crippen molar-refractivity contribution in [3.8, 4) is 0 Å². The summed E-state index contributed by atoms with van der Waals surface area (Å²) >= 11 is 1.72. The Bertz CT molecular complexity index is 426. The predicted octanol–water partition coefficient (Wildman–Crippen LogP) is 1.62. The van der Waals surface area contributed by atoms with Crippen molar-refractivity contribution in [3.05, 3.63) is 28.3 Å². The second-order valence-corrected chi connectivity index (χ2v) is 4.31. The Morgan fingerprint density at radius 3 is 2.94 bits per heavy atom. The van der Waals surface area contributed by atoms with Gasteiger partial charge in [-0.3, -0.25) is 0 Å². The number of nitrogens with two attached hydrogens (primary N) is 1. The molecule has 86 valence electrons. The molecule has 2 N–H and O–H groups in total. The van der Waals surface area contributed by atoms with Crippen molar-refractivity contribution < 1.29 is 4.42 Å². The summed E-state index contributed by atoms with van der Waals surface area (Å²) in [6, 6.07) is 4.66. The molecule has 0 aromatic carbocycles. The van der Waals surface area contributed by atoms with E-state index in [1.807, 2.05) is 11.0 Å². The summed E-state index contributed by atoms with van der Waals surface area (Å²) in [7, 11) is 0. The van der Waals surface area contributed by atoms with Crippen LogP contribution in [0.15, 0.2) is 21.9 Å². The Kier molecular flexibility index (Phi) is 3.53. The fourth-order valence-corrected chi connectivity index (χ4v) is 2.08. The molecule has 0 amide bonds. The zero-order valence-corrected chi connectivity index (χ0v) is 9.91. The van der Waals surface area contributed by atoms with Crippen molar-refractivity contribution in [1.29, 1.82) is 0 Å². The number of hydrogen-bond donors (Lipinski definition) is 1. The molecule has 0 radical (unpaired) electrons. The summed E-state index contributed by atoms with van der Waals surface area (Å²) in [6.45, 7) is 3.95. The first-order valence-electron chi connectivity index (χ1n) is 5.13. The Hall–Kier alpha value is -1.40. The summed E-state index contributed by atoms with van der Waals surface area (Å²) in [4.78, 5) is 3.30. The molecule has 2 aromatic rings. The lowest BCUT2D eigenvalue weighted by Gasteiger charge is -2.16. The van der Waals surface area contributed by atoms with E-state index in [0.29, 0.717) is 11.9 Å². The van der Waals surface area contributed by atoms with E-state index in [2.05, 4.69) is 28.6 Å². The van der Waals surface area contributed by atoms with Gasteiger partial charge in [0.2, 0.25) is 5.89 Å². The van der Waals surface area contributed by atoms with Crippen LogP contribution in [0.4, 0.5) is 6.01 Å². The quantitative estimate of drug-likeness (QED) is 0.857. The zero-order valence-electron chi connectivity index (χ0n) is 9.09. The highest BCUT2D eigenvalue weighted by Crippen LogP contribution is 2.17. The van der Waals surface area contributed by atoms with Crippen LogP contribution in [-0.4, -0.2) is 16.7 Å². The van der Waals surface area contributed by atoms with Crippen LogP contribution in [0.25, 0.3) is 0 Å². The number of nitrogens with zero attached hydrogens (tertiary/aromatic N) is 3. The van der Waals surface area contributed by atoms with E-state index >= 15 is 0 Å². The Balaban J connectivity index is 2.10. The zero-order chi connectivity index (χ0) is 11.4. The fraction of sp³-hybridized carbons (Fsp3) is 0.400. The van der Waals surface area contributed by atoms with E-state index in [9.17, 15) is 0 Å². The minimum Gasteiger partial charge on any atom is -0.407 e. The van der Waals surface area contributed by atoms with Crippen LogP contribution in [0, 0.1) is 0 Å². The van der Waals surface area contributed by atoms with Crippen LogP contribution in [0.3, 0.4) is 0 Å². The predicted molar refractivity (Wildman–Crippen MR) is 63.2 cm³/mol. The first kappa shape index (κ1) is 11.1. The first-order valence-corrected chi connectivity index (χ1v) is 6.01. The summed E-state index contributed by atoms with van der Waals surface area (Å²) in [5.41, 5.74) is 5.43. The number of hydrogen-bond acceptors (Lipinski definition) is 6. The van der Waals surface area contributed by atoms with Crippen molar-refractivity contribution in [1.82, 2.24) is 10.2 Å². The molecule has 0 aliphatic rings. The average Bonchev–Trinajstić information content (AvgIpc) is 2.96. The maximum Gasteiger partial charge on any atom is 0.318 e. The number of rotatable bonds is 5. The molecule has 0 unspecified atom stereocenters. The highest BCUT2D eigenvalue weighted by molar-refractivity contribution is 7.09. The number of anilines is 1. The van der Waals surface area contributed by atoms with E-state index in [4.69, 9.17) is 10.2 Å². The Morgan fingerprint density at radius 2 is 2.38 bits per heavy atom. The van der Waals surface area contributed by atoms with E-state index in [0.717, 1.165) is 13.1 Å². The second-order valence-electron chi connectivity index (χ2n) is 3.28. The van der Waals surface area contributed by atoms with Gasteiger partial charge in [0.05, 0.1) is 13.1 Å². The molecule has 0 aliphatic heterocycles. The van der Waals surface area contributed by atoms with Crippen LogP contribution in [0.2, 0.25) is 0 Å². The van der Waals surface area contributed by atoms with Gasteiger partial charge in [0.1, 0.15) is 0 Å². The van der Waals surface area contributed by atoms with E-state index in [1.54, 1.807) is 11.3 Å². The molecule has 0 fully saturated rings. The molecule has 0 saturated heterocycles. The molecule has 2 rings (SSSR count). The summed E-state index contributed by atoms with van der Waals surface area (Å²) in [5, 5.41) is 9.88. The van der Waals surface area contributed by atoms with Crippen molar-refractivity contribution in [2.45, 2.75) is 20.0 Å². The van der Waals surface area contributed by atoms with Crippen LogP contribution >= 0.6 is 11.3 Å². The molecule has 0 spiro atoms. The normalized spacial score (nSPS) is 10.6. The Morgan fingerprint density at radius 1 is 1.50 bits per heavy atom. The minimum atomic E-state index is 0.281. The molecule has 2 heterocycles. The van der Waals surface area contributed by atoms with Gasteiger partial charge >= 0.3 is 6.01 Å². The minimum absolute atomic E-state index is 0.281. The largest absolute Gasteiger partial charge is 0.407 e. The molecular formula is C10H14N4OS. The third-order valence-electron chi connectivity index (χ3n) is 2.21. The third-order valence-corrected chi connectivity index (χ3v) is 3.07. The van der Waals surface area contributed by atoms with E-state index in [-0.39, 0.29) is 6.54 Å². The highest BCUT2D eigenvalue weighted by Gasteiger charge is 2.12. The molecular weight excluding hydrogens is 224 g/mol. The Labute approximate surface area is 97.9 Å². The molecule has 0 bridgehead atoms. The van der Waals surface area contributed by atoms with Crippen LogP contribution in [0.5, 0.6) is 0 Å². The molecule has 0 atom stereocenters. The second kappa shape index (κ2) is 5.09. The summed E-state index contributed by atoms with van der Waals surface area (Å²) < 4.78 is 5.42. The maximum absolute atomic E-state index is 5.43. The standard InChI is InChI=1S/C10H14N4OS/c1-2-14(7-8-4-3-5-16-8)10-13-12-9(6-11)15-10/h3-5H,2,6-7,11H2,1H3. The average molecular weight is 238 g/mol. The van der Waals surface area contributed by atoms with Gasteiger partial charge in [-0.1, -0.05) is 11.2 Å². The SMILES string of the molecule is CCN(Cc1cccs1)c1nnc(CN)o1. The maximum atomic E-state index is 5.43. The topological polar surface area (TPSA) is 68.2 Å².